The molecule has 0 saturated carbocycles. The topological polar surface area (TPSA) is 80.9 Å². The Balaban J connectivity index is 3.05. The maximum absolute atomic E-state index is 8.99. The Labute approximate surface area is 68.8 Å². The minimum Gasteiger partial charge on any atom is -0.508 e. The molecule has 1 aromatic rings. The van der Waals surface area contributed by atoms with Gasteiger partial charge in [-0.15, -0.1) is 0 Å². The number of phenolic OH excluding ortho intramolecular Hbond substituents is 1. The predicted octanol–water partition coefficient (Wildman–Crippen LogP) is -1.48. The van der Waals surface area contributed by atoms with Gasteiger partial charge in [-0.2, -0.15) is 0 Å². The van der Waals surface area contributed by atoms with Crippen LogP contribution in [0, 0.1) is 0 Å². The summed E-state index contributed by atoms with van der Waals surface area (Å²) in [5.74, 6) is 0.0246. The third-order valence-corrected chi connectivity index (χ3v) is 2.26. The highest BCUT2D eigenvalue weighted by atomic mass is 28.4. The molecule has 0 amide bonds. The highest BCUT2D eigenvalue weighted by Crippen LogP contribution is 2.04. The standard InChI is InChI=1S/C6H8O4Si/c7-5-1-3-6(4-2-5)11(8,9)10/h1-4,7-10H/i8T,9T,10T. The minimum absolute atomic E-state index is 0.0246. The normalized spacial score (nSPS) is 15.1. The largest absolute Gasteiger partial charge is 0.528 e. The quantitative estimate of drug-likeness (QED) is 0.424. The van der Waals surface area contributed by atoms with Crippen molar-refractivity contribution in [3.05, 3.63) is 24.3 Å². The third-order valence-electron chi connectivity index (χ3n) is 1.22. The Kier molecular flexibility index (Phi) is 1.17. The minimum atomic E-state index is -3.73. The molecule has 0 bridgehead atoms. The molecule has 11 heavy (non-hydrogen) atoms. The summed E-state index contributed by atoms with van der Waals surface area (Å²) in [5, 5.41) is 9.25. The molecule has 0 unspecified atom stereocenters. The molecular weight excluding hydrogens is 164 g/mol. The van der Waals surface area contributed by atoms with E-state index < -0.39 is 8.80 Å². The van der Waals surface area contributed by atoms with Crippen LogP contribution in [0.1, 0.15) is 0 Å². The molecule has 0 aromatic heterocycles. The Bertz CT molecular complexity index is 281. The fourth-order valence-electron chi connectivity index (χ4n) is 0.666. The van der Waals surface area contributed by atoms with E-state index in [0.29, 0.717) is 0 Å². The van der Waals surface area contributed by atoms with Crippen molar-refractivity contribution >= 4 is 14.0 Å². The summed E-state index contributed by atoms with van der Waals surface area (Å²) in [6.45, 7) is 0. The van der Waals surface area contributed by atoms with Crippen molar-refractivity contribution in [2.24, 2.45) is 0 Å². The van der Waals surface area contributed by atoms with Gasteiger partial charge >= 0.3 is 8.80 Å². The van der Waals surface area contributed by atoms with Crippen LogP contribution in [0.15, 0.2) is 24.3 Å². The highest BCUT2D eigenvalue weighted by Gasteiger charge is 2.29. The zero-order valence-electron chi connectivity index (χ0n) is 8.48. The number of phenols is 1. The van der Waals surface area contributed by atoms with Crippen LogP contribution in [0.3, 0.4) is 0 Å². The zero-order valence-corrected chi connectivity index (χ0v) is 6.48. The van der Waals surface area contributed by atoms with E-state index in [1.807, 2.05) is 0 Å². The summed E-state index contributed by atoms with van der Waals surface area (Å²) < 4.78 is 20.1. The Morgan fingerprint density at radius 3 is 2.09 bits per heavy atom. The van der Waals surface area contributed by atoms with Crippen molar-refractivity contribution in [3.8, 4) is 5.75 Å². The van der Waals surface area contributed by atoms with Gasteiger partial charge < -0.3 is 19.5 Å². The van der Waals surface area contributed by atoms with E-state index in [4.69, 9.17) is 9.40 Å². The molecular formula is C6H8O4Si. The maximum Gasteiger partial charge on any atom is 0.528 e. The van der Waals surface area contributed by atoms with Crippen LogP contribution in [-0.2, 0) is 0 Å². The molecule has 4 N–H and O–H groups in total. The van der Waals surface area contributed by atoms with Gasteiger partial charge in [0.1, 0.15) is 5.75 Å². The highest BCUT2D eigenvalue weighted by molar-refractivity contribution is 6.71. The lowest BCUT2D eigenvalue weighted by Crippen LogP contribution is -2.48. The molecule has 0 heterocycles. The fraction of sp³-hybridized carbons (Fsp3) is 0. The van der Waals surface area contributed by atoms with Crippen LogP contribution < -0.4 is 5.19 Å². The Hall–Kier alpha value is -0.883. The molecule has 1 rings (SSSR count). The van der Waals surface area contributed by atoms with Gasteiger partial charge in [0.2, 0.25) is 0 Å². The number of hydrogen-bond acceptors (Lipinski definition) is 4. The molecule has 1 aromatic carbocycles. The van der Waals surface area contributed by atoms with E-state index in [1.165, 1.54) is 24.3 Å². The number of aromatic hydroxyl groups is 1. The van der Waals surface area contributed by atoms with Gasteiger partial charge in [-0.1, -0.05) is 12.1 Å². The second-order valence-electron chi connectivity index (χ2n) is 2.10. The van der Waals surface area contributed by atoms with Gasteiger partial charge in [-0.05, 0) is 12.1 Å². The Morgan fingerprint density at radius 2 is 1.64 bits per heavy atom. The lowest BCUT2D eigenvalue weighted by atomic mass is 10.3. The van der Waals surface area contributed by atoms with Gasteiger partial charge in [-0.3, -0.25) is 0 Å². The van der Waals surface area contributed by atoms with Crippen molar-refractivity contribution in [2.75, 3.05) is 0 Å². The monoisotopic (exact) mass is 178 g/mol. The van der Waals surface area contributed by atoms with E-state index in [-0.39, 0.29) is 10.9 Å². The first-order valence-corrected chi connectivity index (χ1v) is 4.63. The van der Waals surface area contributed by atoms with E-state index in [2.05, 4.69) is 14.4 Å². The first-order valence-electron chi connectivity index (χ1n) is 4.13. The first-order chi connectivity index (χ1) is 6.68. The molecule has 0 aliphatic rings. The van der Waals surface area contributed by atoms with Gasteiger partial charge in [0.15, 0.2) is 4.29 Å². The zero-order chi connectivity index (χ0) is 10.6. The van der Waals surface area contributed by atoms with Gasteiger partial charge in [0, 0.05) is 5.19 Å². The summed E-state index contributed by atoms with van der Waals surface area (Å²) in [4.78, 5) is 12.4. The first kappa shape index (κ1) is 4.89. The predicted molar refractivity (Wildman–Crippen MR) is 40.2 cm³/mol. The van der Waals surface area contributed by atoms with Gasteiger partial charge in [-0.25, -0.2) is 0 Å². The molecule has 0 aliphatic carbocycles. The lowest BCUT2D eigenvalue weighted by molar-refractivity contribution is 0.249. The number of hydrogen-bond donors (Lipinski definition) is 4. The molecule has 0 spiro atoms. The molecule has 0 atom stereocenters. The molecule has 0 aliphatic heterocycles. The summed E-state index contributed by atoms with van der Waals surface area (Å²) in [5.41, 5.74) is 0. The van der Waals surface area contributed by atoms with Crippen LogP contribution in [0.2, 0.25) is 0 Å². The maximum atomic E-state index is 8.99. The van der Waals surface area contributed by atoms with Gasteiger partial charge in [0.25, 0.3) is 0 Å². The van der Waals surface area contributed by atoms with Crippen LogP contribution in [-0.4, -0.2) is 32.6 Å². The molecule has 0 fully saturated rings. The SMILES string of the molecule is [3H]O[Si](O[3H])(O[3H])c1ccc(O)cc1. The molecule has 0 saturated heterocycles. The average molecular weight is 178 g/mol. The summed E-state index contributed by atoms with van der Waals surface area (Å²) in [6, 6.07) is 5.40. The van der Waals surface area contributed by atoms with Crippen LogP contribution in [0.25, 0.3) is 0 Å². The molecule has 5 heteroatoms. The van der Waals surface area contributed by atoms with E-state index in [1.54, 1.807) is 0 Å². The van der Waals surface area contributed by atoms with E-state index >= 15 is 0 Å². The van der Waals surface area contributed by atoms with E-state index in [9.17, 15) is 0 Å². The smallest absolute Gasteiger partial charge is 0.508 e. The molecule has 60 valence electrons. The van der Waals surface area contributed by atoms with Crippen molar-refractivity contribution in [1.29, 1.82) is 4.29 Å². The van der Waals surface area contributed by atoms with Crippen molar-refractivity contribution in [1.82, 2.24) is 0 Å². The summed E-state index contributed by atoms with van der Waals surface area (Å²) in [7, 11) is -3.73. The molecule has 4 nitrogen and oxygen atoms in total. The number of rotatable bonds is 4. The summed E-state index contributed by atoms with van der Waals surface area (Å²) >= 11 is 0. The lowest BCUT2D eigenvalue weighted by Gasteiger charge is -2.08. The van der Waals surface area contributed by atoms with Gasteiger partial charge in [0.05, 0.1) is 0 Å². The second kappa shape index (κ2) is 2.63. The fourth-order valence-corrected chi connectivity index (χ4v) is 1.24. The van der Waals surface area contributed by atoms with Crippen molar-refractivity contribution < 1.29 is 19.5 Å². The van der Waals surface area contributed by atoms with Crippen LogP contribution in [0.5, 0.6) is 5.75 Å². The number of benzene rings is 1. The Morgan fingerprint density at radius 1 is 1.09 bits per heavy atom. The third kappa shape index (κ3) is 2.02. The van der Waals surface area contributed by atoms with Crippen LogP contribution >= 0.6 is 0 Å². The second-order valence-corrected chi connectivity index (χ2v) is 3.79. The van der Waals surface area contributed by atoms with Crippen molar-refractivity contribution in [2.45, 2.75) is 0 Å². The average Bonchev–Trinajstić information content (AvgIpc) is 2.24. The molecule has 0 radical (unpaired) electrons. The van der Waals surface area contributed by atoms with Crippen LogP contribution in [0.4, 0.5) is 0 Å². The summed E-state index contributed by atoms with van der Waals surface area (Å²) in [6.07, 6.45) is 0. The van der Waals surface area contributed by atoms with Crippen molar-refractivity contribution in [3.63, 3.8) is 0 Å². The van der Waals surface area contributed by atoms with E-state index in [0.717, 1.165) is 0 Å².